The molecule has 0 radical (unpaired) electrons. The van der Waals surface area contributed by atoms with E-state index in [0.717, 1.165) is 18.4 Å². The van der Waals surface area contributed by atoms with E-state index in [1.54, 1.807) is 24.0 Å². The summed E-state index contributed by atoms with van der Waals surface area (Å²) in [4.78, 5) is 33.4. The van der Waals surface area contributed by atoms with Crippen LogP contribution in [0, 0.1) is 18.2 Å². The van der Waals surface area contributed by atoms with Gasteiger partial charge in [0.25, 0.3) is 5.91 Å². The molecule has 2 fully saturated rings. The van der Waals surface area contributed by atoms with E-state index in [-0.39, 0.29) is 23.4 Å². The fourth-order valence-electron chi connectivity index (χ4n) is 4.19. The lowest BCUT2D eigenvalue weighted by molar-refractivity contribution is -0.146. The van der Waals surface area contributed by atoms with Gasteiger partial charge in [0.05, 0.1) is 11.1 Å². The molecule has 1 aromatic carbocycles. The van der Waals surface area contributed by atoms with Crippen LogP contribution in [0.2, 0.25) is 0 Å². The van der Waals surface area contributed by atoms with Crippen LogP contribution in [0.1, 0.15) is 41.1 Å². The second-order valence-electron chi connectivity index (χ2n) is 7.48. The Kier molecular flexibility index (Phi) is 4.45. The Balaban J connectivity index is 1.48. The van der Waals surface area contributed by atoms with Gasteiger partial charge in [-0.05, 0) is 43.9 Å². The standard InChI is InChI=1S/C20H22FN3O3/c1-14-17(27-13-22-14)18(25)24-10-8-20(12-24)7-2-9-23(19(20)26)11-15-3-5-16(21)6-4-15/h3-6,13H,2,7-12H2,1H3. The van der Waals surface area contributed by atoms with Gasteiger partial charge in [0.1, 0.15) is 5.82 Å². The molecule has 27 heavy (non-hydrogen) atoms. The van der Waals surface area contributed by atoms with Crippen LogP contribution in [-0.2, 0) is 11.3 Å². The molecule has 6 nitrogen and oxygen atoms in total. The smallest absolute Gasteiger partial charge is 0.291 e. The molecule has 1 spiro atoms. The van der Waals surface area contributed by atoms with E-state index in [2.05, 4.69) is 4.98 Å². The average Bonchev–Trinajstić information content (AvgIpc) is 3.28. The number of carbonyl (C=O) groups is 2. The van der Waals surface area contributed by atoms with Gasteiger partial charge in [-0.25, -0.2) is 9.37 Å². The third kappa shape index (κ3) is 3.22. The van der Waals surface area contributed by atoms with Crippen LogP contribution >= 0.6 is 0 Å². The minimum Gasteiger partial charge on any atom is -0.438 e. The maximum atomic E-state index is 13.2. The lowest BCUT2D eigenvalue weighted by atomic mass is 9.78. The number of amides is 2. The van der Waals surface area contributed by atoms with Crippen LogP contribution in [0.25, 0.3) is 0 Å². The van der Waals surface area contributed by atoms with E-state index < -0.39 is 5.41 Å². The van der Waals surface area contributed by atoms with Crippen molar-refractivity contribution in [2.24, 2.45) is 5.41 Å². The molecule has 0 N–H and O–H groups in total. The highest BCUT2D eigenvalue weighted by Gasteiger charge is 2.49. The first kappa shape index (κ1) is 17.7. The van der Waals surface area contributed by atoms with Gasteiger partial charge >= 0.3 is 0 Å². The van der Waals surface area contributed by atoms with Crippen LogP contribution in [0.4, 0.5) is 4.39 Å². The number of hydrogen-bond donors (Lipinski definition) is 0. The van der Waals surface area contributed by atoms with Crippen molar-refractivity contribution in [2.75, 3.05) is 19.6 Å². The minimum absolute atomic E-state index is 0.0858. The Morgan fingerprint density at radius 1 is 1.26 bits per heavy atom. The predicted molar refractivity (Wildman–Crippen MR) is 95.2 cm³/mol. The van der Waals surface area contributed by atoms with Gasteiger partial charge < -0.3 is 14.2 Å². The van der Waals surface area contributed by atoms with Crippen molar-refractivity contribution < 1.29 is 18.4 Å². The van der Waals surface area contributed by atoms with E-state index in [9.17, 15) is 14.0 Å². The number of aryl methyl sites for hydroxylation is 1. The lowest BCUT2D eigenvalue weighted by Gasteiger charge is -2.39. The summed E-state index contributed by atoms with van der Waals surface area (Å²) in [7, 11) is 0. The summed E-state index contributed by atoms with van der Waals surface area (Å²) in [5.41, 5.74) is 0.945. The summed E-state index contributed by atoms with van der Waals surface area (Å²) >= 11 is 0. The number of rotatable bonds is 3. The minimum atomic E-state index is -0.526. The zero-order valence-corrected chi connectivity index (χ0v) is 15.3. The summed E-state index contributed by atoms with van der Waals surface area (Å²) in [5, 5.41) is 0. The first-order chi connectivity index (χ1) is 13.0. The van der Waals surface area contributed by atoms with Gasteiger partial charge in [0.2, 0.25) is 11.7 Å². The van der Waals surface area contributed by atoms with Gasteiger partial charge in [-0.15, -0.1) is 0 Å². The molecule has 7 heteroatoms. The second-order valence-corrected chi connectivity index (χ2v) is 7.48. The molecule has 2 amide bonds. The maximum Gasteiger partial charge on any atom is 0.291 e. The van der Waals surface area contributed by atoms with Crippen molar-refractivity contribution in [3.63, 3.8) is 0 Å². The number of halogens is 1. The van der Waals surface area contributed by atoms with E-state index >= 15 is 0 Å². The highest BCUT2D eigenvalue weighted by Crippen LogP contribution is 2.41. The third-order valence-electron chi connectivity index (χ3n) is 5.69. The van der Waals surface area contributed by atoms with Gasteiger partial charge in [0, 0.05) is 26.2 Å². The highest BCUT2D eigenvalue weighted by atomic mass is 19.1. The van der Waals surface area contributed by atoms with Crippen molar-refractivity contribution in [3.8, 4) is 0 Å². The van der Waals surface area contributed by atoms with Gasteiger partial charge in [-0.2, -0.15) is 0 Å². The zero-order valence-electron chi connectivity index (χ0n) is 15.3. The summed E-state index contributed by atoms with van der Waals surface area (Å²) in [6, 6.07) is 6.24. The predicted octanol–water partition coefficient (Wildman–Crippen LogP) is 2.78. The topological polar surface area (TPSA) is 66.7 Å². The first-order valence-electron chi connectivity index (χ1n) is 9.22. The Bertz CT molecular complexity index is 864. The number of carbonyl (C=O) groups excluding carboxylic acids is 2. The van der Waals surface area contributed by atoms with Crippen LogP contribution in [0.15, 0.2) is 35.1 Å². The lowest BCUT2D eigenvalue weighted by Crippen LogP contribution is -2.50. The van der Waals surface area contributed by atoms with Crippen LogP contribution in [0.5, 0.6) is 0 Å². The zero-order chi connectivity index (χ0) is 19.0. The maximum absolute atomic E-state index is 13.2. The molecule has 3 heterocycles. The Morgan fingerprint density at radius 2 is 2.04 bits per heavy atom. The molecular formula is C20H22FN3O3. The summed E-state index contributed by atoms with van der Waals surface area (Å²) < 4.78 is 18.3. The fourth-order valence-corrected chi connectivity index (χ4v) is 4.19. The normalized spacial score (nSPS) is 22.7. The monoisotopic (exact) mass is 371 g/mol. The first-order valence-corrected chi connectivity index (χ1v) is 9.22. The Labute approximate surface area is 157 Å². The molecule has 1 aromatic heterocycles. The van der Waals surface area contributed by atoms with Crippen LogP contribution in [-0.4, -0.2) is 46.2 Å². The van der Waals surface area contributed by atoms with Crippen molar-refractivity contribution in [2.45, 2.75) is 32.7 Å². The molecule has 1 atom stereocenters. The Hall–Kier alpha value is -2.70. The van der Waals surface area contributed by atoms with Crippen molar-refractivity contribution in [1.29, 1.82) is 0 Å². The van der Waals surface area contributed by atoms with Crippen molar-refractivity contribution >= 4 is 11.8 Å². The van der Waals surface area contributed by atoms with E-state index in [0.29, 0.717) is 38.3 Å². The number of nitrogens with zero attached hydrogens (tertiary/aromatic N) is 3. The molecular weight excluding hydrogens is 349 g/mol. The quantitative estimate of drug-likeness (QED) is 0.832. The third-order valence-corrected chi connectivity index (χ3v) is 5.69. The van der Waals surface area contributed by atoms with Gasteiger partial charge in [0.15, 0.2) is 6.39 Å². The number of piperidine rings is 1. The molecule has 0 bridgehead atoms. The number of aromatic nitrogens is 1. The second kappa shape index (κ2) is 6.79. The van der Waals surface area contributed by atoms with Crippen LogP contribution < -0.4 is 0 Å². The highest BCUT2D eigenvalue weighted by molar-refractivity contribution is 5.94. The number of oxazole rings is 1. The molecule has 2 aromatic rings. The molecule has 142 valence electrons. The SMILES string of the molecule is Cc1ncoc1C(=O)N1CCC2(CCCN(Cc3ccc(F)cc3)C2=O)C1. The molecule has 0 aliphatic carbocycles. The van der Waals surface area contributed by atoms with Gasteiger partial charge in [-0.3, -0.25) is 9.59 Å². The Morgan fingerprint density at radius 3 is 2.74 bits per heavy atom. The molecule has 1 unspecified atom stereocenters. The number of hydrogen-bond acceptors (Lipinski definition) is 4. The van der Waals surface area contributed by atoms with E-state index in [1.807, 2.05) is 4.90 Å². The van der Waals surface area contributed by atoms with E-state index in [1.165, 1.54) is 18.5 Å². The average molecular weight is 371 g/mol. The summed E-state index contributed by atoms with van der Waals surface area (Å²) in [6.07, 6.45) is 3.61. The summed E-state index contributed by atoms with van der Waals surface area (Å²) in [5.74, 6) is -0.153. The van der Waals surface area contributed by atoms with Crippen molar-refractivity contribution in [3.05, 3.63) is 53.5 Å². The molecule has 4 rings (SSSR count). The molecule has 2 aliphatic rings. The summed E-state index contributed by atoms with van der Waals surface area (Å²) in [6.45, 7) is 3.84. The number of benzene rings is 1. The van der Waals surface area contributed by atoms with Crippen LogP contribution in [0.3, 0.4) is 0 Å². The molecule has 0 saturated carbocycles. The van der Waals surface area contributed by atoms with Crippen molar-refractivity contribution in [1.82, 2.24) is 14.8 Å². The largest absolute Gasteiger partial charge is 0.438 e. The van der Waals surface area contributed by atoms with E-state index in [4.69, 9.17) is 4.42 Å². The fraction of sp³-hybridized carbons (Fsp3) is 0.450. The number of likely N-dealkylation sites (tertiary alicyclic amines) is 2. The van der Waals surface area contributed by atoms with Gasteiger partial charge in [-0.1, -0.05) is 12.1 Å². The molecule has 2 saturated heterocycles. The molecule has 2 aliphatic heterocycles.